The lowest BCUT2D eigenvalue weighted by molar-refractivity contribution is -0.384. The summed E-state index contributed by atoms with van der Waals surface area (Å²) < 4.78 is 5.09. The van der Waals surface area contributed by atoms with Crippen LogP contribution in [-0.4, -0.2) is 22.7 Å². The average molecular weight is 379 g/mol. The number of nitriles is 1. The molecule has 0 saturated heterocycles. The van der Waals surface area contributed by atoms with Gasteiger partial charge < -0.3 is 4.74 Å². The van der Waals surface area contributed by atoms with E-state index < -0.39 is 4.92 Å². The summed E-state index contributed by atoms with van der Waals surface area (Å²) >= 11 is 1.27. The van der Waals surface area contributed by atoms with Gasteiger partial charge in [-0.3, -0.25) is 15.5 Å². The van der Waals surface area contributed by atoms with Crippen molar-refractivity contribution in [2.45, 2.75) is 0 Å². The second-order valence-corrected chi connectivity index (χ2v) is 6.11. The van der Waals surface area contributed by atoms with Crippen molar-refractivity contribution in [2.75, 3.05) is 12.5 Å². The minimum absolute atomic E-state index is 0.0113. The highest BCUT2D eigenvalue weighted by molar-refractivity contribution is 7.12. The maximum atomic E-state index is 10.7. The Labute approximate surface area is 158 Å². The molecule has 0 amide bonds. The Hall–Kier alpha value is -3.77. The summed E-state index contributed by atoms with van der Waals surface area (Å²) in [5.74, 6) is 0.720. The number of aromatic nitrogens is 1. The maximum Gasteiger partial charge on any atom is 0.269 e. The predicted octanol–water partition coefficient (Wildman–Crippen LogP) is 4.07. The van der Waals surface area contributed by atoms with Gasteiger partial charge >= 0.3 is 0 Å². The normalized spacial score (nSPS) is 10.9. The molecule has 2 aromatic carbocycles. The molecule has 0 atom stereocenters. The molecule has 0 fully saturated rings. The Balaban J connectivity index is 1.78. The van der Waals surface area contributed by atoms with Crippen LogP contribution in [0.4, 0.5) is 11.4 Å². The molecule has 0 unspecified atom stereocenters. The van der Waals surface area contributed by atoms with Gasteiger partial charge in [-0.1, -0.05) is 0 Å². The van der Waals surface area contributed by atoms with E-state index >= 15 is 0 Å². The molecular formula is C18H13N5O3S. The number of nitrogens with zero attached hydrogens (tertiary/aromatic N) is 4. The average Bonchev–Trinajstić information content (AvgIpc) is 3.19. The first-order valence-corrected chi connectivity index (χ1v) is 8.57. The molecule has 3 rings (SSSR count). The molecule has 0 radical (unpaired) electrons. The van der Waals surface area contributed by atoms with Gasteiger partial charge in [0.05, 0.1) is 23.4 Å². The van der Waals surface area contributed by atoms with Crippen LogP contribution in [0, 0.1) is 21.4 Å². The SMILES string of the molecule is COc1ccc(N/N=C(/C#N)c2nc(-c3ccc([N+](=O)[O-])cc3)cs2)cc1. The van der Waals surface area contributed by atoms with Gasteiger partial charge in [-0.05, 0) is 36.4 Å². The van der Waals surface area contributed by atoms with Gasteiger partial charge in [0.15, 0.2) is 10.7 Å². The number of methoxy groups -OCH3 is 1. The summed E-state index contributed by atoms with van der Waals surface area (Å²) in [5, 5.41) is 26.4. The van der Waals surface area contributed by atoms with E-state index in [2.05, 4.69) is 15.5 Å². The third kappa shape index (κ3) is 4.26. The van der Waals surface area contributed by atoms with Crippen LogP contribution < -0.4 is 10.2 Å². The van der Waals surface area contributed by atoms with E-state index in [-0.39, 0.29) is 11.4 Å². The first-order valence-electron chi connectivity index (χ1n) is 7.69. The van der Waals surface area contributed by atoms with Gasteiger partial charge in [0.2, 0.25) is 0 Å². The summed E-state index contributed by atoms with van der Waals surface area (Å²) in [4.78, 5) is 14.7. The van der Waals surface area contributed by atoms with E-state index in [4.69, 9.17) is 4.74 Å². The number of hydrogen-bond acceptors (Lipinski definition) is 8. The van der Waals surface area contributed by atoms with Crippen LogP contribution in [0.3, 0.4) is 0 Å². The van der Waals surface area contributed by atoms with Crippen LogP contribution in [0.2, 0.25) is 0 Å². The molecule has 134 valence electrons. The Bertz CT molecular complexity index is 1020. The number of rotatable bonds is 6. The zero-order chi connectivity index (χ0) is 19.2. The molecule has 9 heteroatoms. The summed E-state index contributed by atoms with van der Waals surface area (Å²) in [5.41, 5.74) is 5.02. The van der Waals surface area contributed by atoms with Crippen molar-refractivity contribution < 1.29 is 9.66 Å². The summed E-state index contributed by atoms with van der Waals surface area (Å²) in [6.07, 6.45) is 0. The standard InChI is InChI=1S/C18H13N5O3S/c1-26-15-8-4-13(5-9-15)21-22-16(10-19)18-20-17(11-27-18)12-2-6-14(7-3-12)23(24)25/h2-9,11,21H,1H3/b22-16-. The Morgan fingerprint density at radius 2 is 1.96 bits per heavy atom. The van der Waals surface area contributed by atoms with Gasteiger partial charge in [-0.2, -0.15) is 10.4 Å². The van der Waals surface area contributed by atoms with E-state index in [9.17, 15) is 15.4 Å². The van der Waals surface area contributed by atoms with Crippen LogP contribution in [0.15, 0.2) is 59.0 Å². The zero-order valence-electron chi connectivity index (χ0n) is 14.1. The maximum absolute atomic E-state index is 10.7. The zero-order valence-corrected chi connectivity index (χ0v) is 14.9. The number of hydrazone groups is 1. The fourth-order valence-electron chi connectivity index (χ4n) is 2.18. The number of nitrogens with one attached hydrogen (secondary N) is 1. The van der Waals surface area contributed by atoms with Gasteiger partial charge in [0.25, 0.3) is 5.69 Å². The van der Waals surface area contributed by atoms with Crippen molar-refractivity contribution in [3.05, 3.63) is 69.0 Å². The van der Waals surface area contributed by atoms with Crippen molar-refractivity contribution >= 4 is 28.4 Å². The molecule has 0 aliphatic carbocycles. The number of non-ortho nitro benzene ring substituents is 1. The highest BCUT2D eigenvalue weighted by Crippen LogP contribution is 2.24. The molecule has 0 spiro atoms. The highest BCUT2D eigenvalue weighted by atomic mass is 32.1. The summed E-state index contributed by atoms with van der Waals surface area (Å²) in [6, 6.07) is 15.2. The van der Waals surface area contributed by atoms with E-state index in [1.54, 1.807) is 48.9 Å². The Kier molecular flexibility index (Phi) is 5.39. The van der Waals surface area contributed by atoms with Gasteiger partial charge in [0, 0.05) is 23.1 Å². The van der Waals surface area contributed by atoms with Crippen molar-refractivity contribution in [3.63, 3.8) is 0 Å². The second kappa shape index (κ2) is 8.07. The quantitative estimate of drug-likeness (QED) is 0.392. The lowest BCUT2D eigenvalue weighted by atomic mass is 10.1. The molecular weight excluding hydrogens is 366 g/mol. The molecule has 0 bridgehead atoms. The minimum Gasteiger partial charge on any atom is -0.497 e. The smallest absolute Gasteiger partial charge is 0.269 e. The fourth-order valence-corrected chi connectivity index (χ4v) is 2.94. The number of hydrogen-bond donors (Lipinski definition) is 1. The lowest BCUT2D eigenvalue weighted by Gasteiger charge is -2.02. The van der Waals surface area contributed by atoms with Crippen LogP contribution in [0.5, 0.6) is 5.75 Å². The predicted molar refractivity (Wildman–Crippen MR) is 103 cm³/mol. The Morgan fingerprint density at radius 1 is 1.26 bits per heavy atom. The van der Waals surface area contributed by atoms with Crippen molar-refractivity contribution in [1.29, 1.82) is 5.26 Å². The number of nitro groups is 1. The third-order valence-corrected chi connectivity index (χ3v) is 4.42. The van der Waals surface area contributed by atoms with E-state index in [0.29, 0.717) is 16.4 Å². The van der Waals surface area contributed by atoms with Gasteiger partial charge in [0.1, 0.15) is 11.8 Å². The van der Waals surface area contributed by atoms with Crippen LogP contribution in [-0.2, 0) is 0 Å². The molecule has 8 nitrogen and oxygen atoms in total. The van der Waals surface area contributed by atoms with Crippen molar-refractivity contribution in [2.24, 2.45) is 5.10 Å². The van der Waals surface area contributed by atoms with E-state index in [1.165, 1.54) is 23.5 Å². The molecule has 27 heavy (non-hydrogen) atoms. The number of ether oxygens (including phenoxy) is 1. The van der Waals surface area contributed by atoms with Crippen LogP contribution in [0.1, 0.15) is 5.01 Å². The number of nitro benzene ring substituents is 1. The van der Waals surface area contributed by atoms with Crippen molar-refractivity contribution in [1.82, 2.24) is 4.98 Å². The lowest BCUT2D eigenvalue weighted by Crippen LogP contribution is -2.01. The molecule has 0 aliphatic rings. The summed E-state index contributed by atoms with van der Waals surface area (Å²) in [7, 11) is 1.58. The number of thiazole rings is 1. The molecule has 1 heterocycles. The molecule has 0 aliphatic heterocycles. The summed E-state index contributed by atoms with van der Waals surface area (Å²) in [6.45, 7) is 0. The third-order valence-electron chi connectivity index (χ3n) is 3.57. The number of anilines is 1. The van der Waals surface area contributed by atoms with Crippen molar-refractivity contribution in [3.8, 4) is 23.1 Å². The van der Waals surface area contributed by atoms with Gasteiger partial charge in [-0.25, -0.2) is 4.98 Å². The monoisotopic (exact) mass is 379 g/mol. The highest BCUT2D eigenvalue weighted by Gasteiger charge is 2.12. The first-order chi connectivity index (χ1) is 13.1. The van der Waals surface area contributed by atoms with E-state index in [1.807, 2.05) is 6.07 Å². The molecule has 0 saturated carbocycles. The minimum atomic E-state index is -0.457. The molecule has 1 N–H and O–H groups in total. The Morgan fingerprint density at radius 3 is 2.56 bits per heavy atom. The largest absolute Gasteiger partial charge is 0.497 e. The first kappa shape index (κ1) is 18.0. The second-order valence-electron chi connectivity index (χ2n) is 5.25. The van der Waals surface area contributed by atoms with Gasteiger partial charge in [-0.15, -0.1) is 11.3 Å². The van der Waals surface area contributed by atoms with Crippen LogP contribution in [0.25, 0.3) is 11.3 Å². The topological polar surface area (TPSA) is 113 Å². The fraction of sp³-hybridized carbons (Fsp3) is 0.0556. The number of benzene rings is 2. The van der Waals surface area contributed by atoms with Crippen LogP contribution >= 0.6 is 11.3 Å². The van der Waals surface area contributed by atoms with E-state index in [0.717, 1.165) is 11.3 Å². The molecule has 1 aromatic heterocycles. The molecule has 3 aromatic rings.